The van der Waals surface area contributed by atoms with Crippen LogP contribution in [-0.2, 0) is 0 Å². The molecular formula is C14H9F4N3OS. The van der Waals surface area contributed by atoms with Gasteiger partial charge in [-0.15, -0.1) is 11.3 Å². The Morgan fingerprint density at radius 1 is 1.35 bits per heavy atom. The minimum absolute atomic E-state index is 0.107. The highest BCUT2D eigenvalue weighted by Crippen LogP contribution is 2.32. The number of aromatic nitrogens is 2. The minimum Gasteiger partial charge on any atom is -0.360 e. The van der Waals surface area contributed by atoms with Crippen LogP contribution >= 0.6 is 11.3 Å². The molecule has 0 aliphatic rings. The maximum absolute atomic E-state index is 13.1. The van der Waals surface area contributed by atoms with E-state index in [0.29, 0.717) is 10.9 Å². The highest BCUT2D eigenvalue weighted by molar-refractivity contribution is 7.12. The summed E-state index contributed by atoms with van der Waals surface area (Å²) in [5, 5.41) is 1.47. The summed E-state index contributed by atoms with van der Waals surface area (Å²) < 4.78 is 50.9. The fourth-order valence-corrected chi connectivity index (χ4v) is 2.91. The van der Waals surface area contributed by atoms with Gasteiger partial charge in [0, 0.05) is 22.5 Å². The maximum Gasteiger partial charge on any atom is 0.409 e. The van der Waals surface area contributed by atoms with E-state index < -0.39 is 29.5 Å². The van der Waals surface area contributed by atoms with E-state index in [0.717, 1.165) is 16.7 Å². The van der Waals surface area contributed by atoms with Gasteiger partial charge in [0.2, 0.25) is 5.78 Å². The van der Waals surface area contributed by atoms with E-state index in [4.69, 9.17) is 5.73 Å². The number of nitrogens with two attached hydrogens (primary N) is 1. The van der Waals surface area contributed by atoms with Gasteiger partial charge >= 0.3 is 6.18 Å². The van der Waals surface area contributed by atoms with E-state index in [9.17, 15) is 22.4 Å². The first-order valence-corrected chi connectivity index (χ1v) is 7.24. The molecule has 1 atom stereocenters. The Morgan fingerprint density at radius 2 is 2.09 bits per heavy atom. The van der Waals surface area contributed by atoms with Crippen LogP contribution in [0.1, 0.15) is 27.1 Å². The van der Waals surface area contributed by atoms with Crippen molar-refractivity contribution in [2.75, 3.05) is 0 Å². The second-order valence-electron chi connectivity index (χ2n) is 4.82. The number of halogens is 4. The molecule has 0 spiro atoms. The first-order chi connectivity index (χ1) is 10.8. The van der Waals surface area contributed by atoms with E-state index in [2.05, 4.69) is 9.97 Å². The molecule has 1 aromatic carbocycles. The molecule has 3 rings (SSSR count). The largest absolute Gasteiger partial charge is 0.409 e. The van der Waals surface area contributed by atoms with Gasteiger partial charge in [-0.1, -0.05) is 0 Å². The fraction of sp³-hybridized carbons (Fsp3) is 0.143. The Balaban J connectivity index is 1.96. The van der Waals surface area contributed by atoms with E-state index >= 15 is 0 Å². The molecule has 0 aliphatic heterocycles. The summed E-state index contributed by atoms with van der Waals surface area (Å²) in [5.74, 6) is -1.01. The average Bonchev–Trinajstić information content (AvgIpc) is 3.11. The lowest BCUT2D eigenvalue weighted by atomic mass is 10.1. The number of ketones is 1. The third-order valence-corrected chi connectivity index (χ3v) is 4.14. The molecule has 0 radical (unpaired) electrons. The number of nitrogens with zero attached hydrogens (tertiary/aromatic N) is 1. The molecule has 3 N–H and O–H groups in total. The SMILES string of the molecule is N[C@@H](c1csc(C(=O)c2c[nH]c3cc(F)ccc23)n1)C(F)(F)F. The van der Waals surface area contributed by atoms with Crippen molar-refractivity contribution in [3.8, 4) is 0 Å². The van der Waals surface area contributed by atoms with E-state index in [1.54, 1.807) is 0 Å². The molecule has 3 aromatic rings. The highest BCUT2D eigenvalue weighted by atomic mass is 32.1. The molecule has 4 nitrogen and oxygen atoms in total. The van der Waals surface area contributed by atoms with Gasteiger partial charge in [0.25, 0.3) is 0 Å². The lowest BCUT2D eigenvalue weighted by molar-refractivity contribution is -0.149. The van der Waals surface area contributed by atoms with Gasteiger partial charge in [-0.25, -0.2) is 9.37 Å². The first-order valence-electron chi connectivity index (χ1n) is 6.36. The maximum atomic E-state index is 13.1. The molecule has 0 bridgehead atoms. The van der Waals surface area contributed by atoms with Crippen molar-refractivity contribution in [3.05, 3.63) is 51.9 Å². The molecule has 23 heavy (non-hydrogen) atoms. The smallest absolute Gasteiger partial charge is 0.360 e. The zero-order valence-electron chi connectivity index (χ0n) is 11.3. The Hall–Kier alpha value is -2.26. The summed E-state index contributed by atoms with van der Waals surface area (Å²) in [5.41, 5.74) is 5.29. The first kappa shape index (κ1) is 15.6. The molecule has 9 heteroatoms. The van der Waals surface area contributed by atoms with Gasteiger partial charge in [0.05, 0.1) is 11.3 Å². The normalized spacial score (nSPS) is 13.4. The summed E-state index contributed by atoms with van der Waals surface area (Å²) in [7, 11) is 0. The van der Waals surface area contributed by atoms with Gasteiger partial charge < -0.3 is 10.7 Å². The van der Waals surface area contributed by atoms with Gasteiger partial charge in [-0.05, 0) is 18.2 Å². The number of alkyl halides is 3. The van der Waals surface area contributed by atoms with Crippen molar-refractivity contribution >= 4 is 28.0 Å². The van der Waals surface area contributed by atoms with Crippen LogP contribution < -0.4 is 5.73 Å². The van der Waals surface area contributed by atoms with Crippen LogP contribution in [0.4, 0.5) is 17.6 Å². The summed E-state index contributed by atoms with van der Waals surface area (Å²) in [6.07, 6.45) is -3.26. The molecule has 120 valence electrons. The Kier molecular flexibility index (Phi) is 3.69. The Morgan fingerprint density at radius 3 is 2.78 bits per heavy atom. The van der Waals surface area contributed by atoms with E-state index in [1.165, 1.54) is 24.4 Å². The summed E-state index contributed by atoms with van der Waals surface area (Å²) in [6, 6.07) is 1.60. The van der Waals surface area contributed by atoms with Crippen molar-refractivity contribution in [1.82, 2.24) is 9.97 Å². The topological polar surface area (TPSA) is 71.8 Å². The second kappa shape index (κ2) is 5.43. The number of fused-ring (bicyclic) bond motifs is 1. The second-order valence-corrected chi connectivity index (χ2v) is 5.68. The molecule has 0 amide bonds. The number of rotatable bonds is 3. The van der Waals surface area contributed by atoms with Crippen molar-refractivity contribution in [3.63, 3.8) is 0 Å². The van der Waals surface area contributed by atoms with Gasteiger partial charge in [-0.3, -0.25) is 4.79 Å². The predicted octanol–water partition coefficient (Wildman–Crippen LogP) is 3.56. The zero-order valence-corrected chi connectivity index (χ0v) is 12.1. The van der Waals surface area contributed by atoms with Crippen LogP contribution in [0.5, 0.6) is 0 Å². The number of nitrogens with one attached hydrogen (secondary N) is 1. The number of H-pyrrole nitrogens is 1. The highest BCUT2D eigenvalue weighted by Gasteiger charge is 2.39. The van der Waals surface area contributed by atoms with Crippen molar-refractivity contribution in [2.24, 2.45) is 5.73 Å². The molecule has 0 fully saturated rings. The van der Waals surface area contributed by atoms with Crippen molar-refractivity contribution in [1.29, 1.82) is 0 Å². The lowest BCUT2D eigenvalue weighted by Crippen LogP contribution is -2.28. The number of carbonyl (C=O) groups is 1. The number of thiazole rings is 1. The zero-order chi connectivity index (χ0) is 16.8. The standard InChI is InChI=1S/C14H9F4N3OS/c15-6-1-2-7-8(4-20-9(7)3-6)11(22)13-21-10(5-23-13)12(19)14(16,17)18/h1-5,12,20H,19H2/t12-/m0/s1. The average molecular weight is 343 g/mol. The van der Waals surface area contributed by atoms with Crippen LogP contribution in [0.15, 0.2) is 29.8 Å². The Bertz CT molecular complexity index is 884. The van der Waals surface area contributed by atoms with E-state index in [1.807, 2.05) is 0 Å². The third-order valence-electron chi connectivity index (χ3n) is 3.28. The Labute approximate surface area is 130 Å². The van der Waals surface area contributed by atoms with Crippen LogP contribution in [0, 0.1) is 5.82 Å². The van der Waals surface area contributed by atoms with Gasteiger partial charge in [-0.2, -0.15) is 13.2 Å². The molecule has 2 heterocycles. The van der Waals surface area contributed by atoms with Crippen molar-refractivity contribution < 1.29 is 22.4 Å². The molecule has 0 saturated heterocycles. The third kappa shape index (κ3) is 2.84. The number of carbonyl (C=O) groups excluding carboxylic acids is 1. The van der Waals surface area contributed by atoms with Crippen LogP contribution in [0.3, 0.4) is 0 Å². The predicted molar refractivity (Wildman–Crippen MR) is 76.8 cm³/mol. The minimum atomic E-state index is -4.63. The monoisotopic (exact) mass is 343 g/mol. The molecule has 0 aliphatic carbocycles. The fourth-order valence-electron chi connectivity index (χ4n) is 2.10. The summed E-state index contributed by atoms with van der Waals surface area (Å²) in [4.78, 5) is 18.8. The lowest BCUT2D eigenvalue weighted by Gasteiger charge is -2.12. The number of hydrogen-bond donors (Lipinski definition) is 2. The van der Waals surface area contributed by atoms with Crippen LogP contribution in [0.2, 0.25) is 0 Å². The van der Waals surface area contributed by atoms with Gasteiger partial charge in [0.1, 0.15) is 11.9 Å². The summed E-state index contributed by atoms with van der Waals surface area (Å²) >= 11 is 0.783. The van der Waals surface area contributed by atoms with Crippen LogP contribution in [-0.4, -0.2) is 21.9 Å². The van der Waals surface area contributed by atoms with Crippen molar-refractivity contribution in [2.45, 2.75) is 12.2 Å². The quantitative estimate of drug-likeness (QED) is 0.564. The summed E-state index contributed by atoms with van der Waals surface area (Å²) in [6.45, 7) is 0. The molecule has 0 saturated carbocycles. The number of benzene rings is 1. The van der Waals surface area contributed by atoms with Gasteiger partial charge in [0.15, 0.2) is 5.01 Å². The molecule has 2 aromatic heterocycles. The number of hydrogen-bond acceptors (Lipinski definition) is 4. The molecule has 0 unspecified atom stereocenters. The van der Waals surface area contributed by atoms with Crippen LogP contribution in [0.25, 0.3) is 10.9 Å². The molecular weight excluding hydrogens is 334 g/mol. The number of aromatic amines is 1. The van der Waals surface area contributed by atoms with E-state index in [-0.39, 0.29) is 10.6 Å².